The van der Waals surface area contributed by atoms with Crippen LogP contribution in [0.5, 0.6) is 5.75 Å². The third kappa shape index (κ3) is 3.44. The van der Waals surface area contributed by atoms with Crippen molar-refractivity contribution in [1.29, 1.82) is 0 Å². The van der Waals surface area contributed by atoms with Crippen molar-refractivity contribution in [3.8, 4) is 5.75 Å². The minimum atomic E-state index is -0.0892. The van der Waals surface area contributed by atoms with Crippen LogP contribution in [0.4, 0.5) is 5.69 Å². The van der Waals surface area contributed by atoms with Crippen molar-refractivity contribution in [2.75, 3.05) is 19.0 Å². The number of rotatable bonds is 5. The molecule has 0 heterocycles. The molecule has 0 amide bonds. The van der Waals surface area contributed by atoms with E-state index in [0.717, 1.165) is 12.1 Å². The molecule has 0 bridgehead atoms. The molecule has 90 valence electrons. The number of aromatic hydroxyl groups is 1. The van der Waals surface area contributed by atoms with E-state index in [1.807, 2.05) is 0 Å². The maximum atomic E-state index is 9.41. The summed E-state index contributed by atoms with van der Waals surface area (Å²) in [5.41, 5.74) is 0.775. The summed E-state index contributed by atoms with van der Waals surface area (Å²) in [6, 6.07) is 3.48. The second-order valence-corrected chi connectivity index (χ2v) is 4.31. The van der Waals surface area contributed by atoms with E-state index in [9.17, 15) is 5.11 Å². The Morgan fingerprint density at radius 1 is 1.38 bits per heavy atom. The van der Waals surface area contributed by atoms with E-state index >= 15 is 0 Å². The molecule has 0 saturated carbocycles. The van der Waals surface area contributed by atoms with Gasteiger partial charge in [0.15, 0.2) is 5.75 Å². The molecule has 16 heavy (non-hydrogen) atoms. The minimum Gasteiger partial charge on any atom is -0.505 e. The summed E-state index contributed by atoms with van der Waals surface area (Å²) in [6.07, 6.45) is 0.921. The van der Waals surface area contributed by atoms with Gasteiger partial charge in [-0.1, -0.05) is 30.1 Å². The standard InChI is InChI=1S/C11H15Cl2NO2/c1-3-7(6-16-2)14-8-4-9(12)11(15)10(13)5-8/h4-5,7,14-15H,3,6H2,1-2H3. The lowest BCUT2D eigenvalue weighted by atomic mass is 10.2. The Hall–Kier alpha value is -0.640. The molecule has 0 aliphatic rings. The highest BCUT2D eigenvalue weighted by molar-refractivity contribution is 6.37. The predicted molar refractivity (Wildman–Crippen MR) is 67.7 cm³/mol. The predicted octanol–water partition coefficient (Wildman–Crippen LogP) is 3.54. The first-order valence-corrected chi connectivity index (χ1v) is 5.77. The fourth-order valence-electron chi connectivity index (χ4n) is 1.35. The highest BCUT2D eigenvalue weighted by Crippen LogP contribution is 2.34. The molecule has 1 aromatic rings. The van der Waals surface area contributed by atoms with Crippen LogP contribution < -0.4 is 5.32 Å². The van der Waals surface area contributed by atoms with E-state index in [1.165, 1.54) is 0 Å². The van der Waals surface area contributed by atoms with E-state index in [2.05, 4.69) is 12.2 Å². The average Bonchev–Trinajstić information content (AvgIpc) is 2.25. The topological polar surface area (TPSA) is 41.5 Å². The lowest BCUT2D eigenvalue weighted by molar-refractivity contribution is 0.184. The molecule has 0 aromatic heterocycles. The minimum absolute atomic E-state index is 0.0892. The lowest BCUT2D eigenvalue weighted by Crippen LogP contribution is -2.23. The number of ether oxygens (including phenoxy) is 1. The number of anilines is 1. The molecule has 1 aromatic carbocycles. The number of phenolic OH excluding ortho intramolecular Hbond substituents is 1. The van der Waals surface area contributed by atoms with Gasteiger partial charge in [0.05, 0.1) is 16.7 Å². The van der Waals surface area contributed by atoms with Crippen LogP contribution in [0.2, 0.25) is 10.0 Å². The Kier molecular flexibility index (Phi) is 5.19. The lowest BCUT2D eigenvalue weighted by Gasteiger charge is -2.18. The van der Waals surface area contributed by atoms with E-state index in [1.54, 1.807) is 19.2 Å². The van der Waals surface area contributed by atoms with Crippen LogP contribution in [-0.4, -0.2) is 24.9 Å². The third-order valence-electron chi connectivity index (χ3n) is 2.25. The molecule has 3 nitrogen and oxygen atoms in total. The van der Waals surface area contributed by atoms with Gasteiger partial charge in [-0.25, -0.2) is 0 Å². The quantitative estimate of drug-likeness (QED) is 0.799. The number of halogens is 2. The molecular formula is C11H15Cl2NO2. The van der Waals surface area contributed by atoms with Gasteiger partial charge in [0.2, 0.25) is 0 Å². The first-order valence-electron chi connectivity index (χ1n) is 5.02. The van der Waals surface area contributed by atoms with Crippen molar-refractivity contribution in [3.63, 3.8) is 0 Å². The monoisotopic (exact) mass is 263 g/mol. The molecule has 0 aliphatic heterocycles. The molecule has 0 radical (unpaired) electrons. The molecule has 5 heteroatoms. The zero-order valence-corrected chi connectivity index (χ0v) is 10.8. The van der Waals surface area contributed by atoms with Gasteiger partial charge in [-0.15, -0.1) is 0 Å². The smallest absolute Gasteiger partial charge is 0.152 e. The summed E-state index contributed by atoms with van der Waals surface area (Å²) in [5, 5.41) is 13.1. The fraction of sp³-hybridized carbons (Fsp3) is 0.455. The maximum absolute atomic E-state index is 9.41. The van der Waals surface area contributed by atoms with Gasteiger partial charge in [0.25, 0.3) is 0 Å². The largest absolute Gasteiger partial charge is 0.505 e. The van der Waals surface area contributed by atoms with Crippen LogP contribution >= 0.6 is 23.2 Å². The second-order valence-electron chi connectivity index (χ2n) is 3.49. The fourth-order valence-corrected chi connectivity index (χ4v) is 1.83. The maximum Gasteiger partial charge on any atom is 0.152 e. The van der Waals surface area contributed by atoms with Gasteiger partial charge in [0.1, 0.15) is 0 Å². The van der Waals surface area contributed by atoms with Crippen LogP contribution in [-0.2, 0) is 4.74 Å². The van der Waals surface area contributed by atoms with Crippen LogP contribution in [0.15, 0.2) is 12.1 Å². The number of phenols is 1. The third-order valence-corrected chi connectivity index (χ3v) is 2.82. The summed E-state index contributed by atoms with van der Waals surface area (Å²) < 4.78 is 5.07. The summed E-state index contributed by atoms with van der Waals surface area (Å²) in [6.45, 7) is 2.66. The van der Waals surface area contributed by atoms with Crippen LogP contribution in [0, 0.1) is 0 Å². The van der Waals surface area contributed by atoms with Crippen LogP contribution in [0.1, 0.15) is 13.3 Å². The molecule has 0 spiro atoms. The molecule has 0 saturated heterocycles. The zero-order chi connectivity index (χ0) is 12.1. The first-order chi connectivity index (χ1) is 7.58. The molecular weight excluding hydrogens is 249 g/mol. The van der Waals surface area contributed by atoms with Gasteiger partial charge in [-0.2, -0.15) is 0 Å². The number of hydrogen-bond acceptors (Lipinski definition) is 3. The summed E-state index contributed by atoms with van der Waals surface area (Å²) in [5.74, 6) is -0.0892. The van der Waals surface area contributed by atoms with E-state index in [-0.39, 0.29) is 21.8 Å². The first kappa shape index (κ1) is 13.4. The van der Waals surface area contributed by atoms with Crippen molar-refractivity contribution in [2.24, 2.45) is 0 Å². The van der Waals surface area contributed by atoms with Gasteiger partial charge < -0.3 is 15.2 Å². The second kappa shape index (κ2) is 6.18. The SMILES string of the molecule is CCC(COC)Nc1cc(Cl)c(O)c(Cl)c1. The van der Waals surface area contributed by atoms with Crippen molar-refractivity contribution in [3.05, 3.63) is 22.2 Å². The van der Waals surface area contributed by atoms with Gasteiger partial charge >= 0.3 is 0 Å². The van der Waals surface area contributed by atoms with Crippen molar-refractivity contribution < 1.29 is 9.84 Å². The molecule has 1 unspecified atom stereocenters. The number of hydrogen-bond donors (Lipinski definition) is 2. The van der Waals surface area contributed by atoms with Gasteiger partial charge in [0, 0.05) is 18.8 Å². The molecule has 1 atom stereocenters. The van der Waals surface area contributed by atoms with Crippen molar-refractivity contribution in [1.82, 2.24) is 0 Å². The zero-order valence-electron chi connectivity index (χ0n) is 9.26. The number of benzene rings is 1. The highest BCUT2D eigenvalue weighted by atomic mass is 35.5. The molecule has 2 N–H and O–H groups in total. The van der Waals surface area contributed by atoms with E-state index in [0.29, 0.717) is 6.61 Å². The van der Waals surface area contributed by atoms with Gasteiger partial charge in [-0.3, -0.25) is 0 Å². The van der Waals surface area contributed by atoms with E-state index in [4.69, 9.17) is 27.9 Å². The van der Waals surface area contributed by atoms with Crippen molar-refractivity contribution >= 4 is 28.9 Å². The van der Waals surface area contributed by atoms with E-state index < -0.39 is 0 Å². The average molecular weight is 264 g/mol. The normalized spacial score (nSPS) is 12.5. The summed E-state index contributed by atoms with van der Waals surface area (Å²) in [4.78, 5) is 0. The summed E-state index contributed by atoms with van der Waals surface area (Å²) >= 11 is 11.6. The number of nitrogens with one attached hydrogen (secondary N) is 1. The Balaban J connectivity index is 2.80. The van der Waals surface area contributed by atoms with Gasteiger partial charge in [-0.05, 0) is 18.6 Å². The molecule has 1 rings (SSSR count). The Morgan fingerprint density at radius 2 is 1.94 bits per heavy atom. The van der Waals surface area contributed by atoms with Crippen LogP contribution in [0.3, 0.4) is 0 Å². The molecule has 0 aliphatic carbocycles. The van der Waals surface area contributed by atoms with Crippen molar-refractivity contribution in [2.45, 2.75) is 19.4 Å². The Labute approximate surface area is 105 Å². The number of methoxy groups -OCH3 is 1. The Morgan fingerprint density at radius 3 is 2.38 bits per heavy atom. The highest BCUT2D eigenvalue weighted by Gasteiger charge is 2.10. The van der Waals surface area contributed by atoms with Crippen LogP contribution in [0.25, 0.3) is 0 Å². The summed E-state index contributed by atoms with van der Waals surface area (Å²) in [7, 11) is 1.65. The molecule has 0 fully saturated rings. The Bertz CT molecular complexity index is 335.